The lowest BCUT2D eigenvalue weighted by molar-refractivity contribution is -0.121. The molecule has 2 nitrogen and oxygen atoms in total. The van der Waals surface area contributed by atoms with E-state index in [2.05, 4.69) is 13.2 Å². The third-order valence-corrected chi connectivity index (χ3v) is 3.51. The largest absolute Gasteiger partial charge is 0.395 e. The van der Waals surface area contributed by atoms with Crippen molar-refractivity contribution >= 4 is 5.78 Å². The van der Waals surface area contributed by atoms with Crippen LogP contribution in [0.4, 0.5) is 4.39 Å². The molecule has 2 rings (SSSR count). The highest BCUT2D eigenvalue weighted by Crippen LogP contribution is 2.38. The second kappa shape index (κ2) is 6.45. The van der Waals surface area contributed by atoms with Crippen LogP contribution in [-0.4, -0.2) is 17.5 Å². The van der Waals surface area contributed by atoms with Crippen LogP contribution in [0.3, 0.4) is 0 Å². The van der Waals surface area contributed by atoms with Crippen LogP contribution in [-0.2, 0) is 10.2 Å². The summed E-state index contributed by atoms with van der Waals surface area (Å²) in [5, 5.41) is 9.53. The van der Waals surface area contributed by atoms with Crippen LogP contribution in [0.2, 0.25) is 0 Å². The van der Waals surface area contributed by atoms with E-state index in [1.165, 1.54) is 6.07 Å². The van der Waals surface area contributed by atoms with Crippen molar-refractivity contribution in [2.24, 2.45) is 0 Å². The molecule has 1 N–H and O–H groups in total. The minimum atomic E-state index is -0.556. The van der Waals surface area contributed by atoms with Gasteiger partial charge in [0.25, 0.3) is 0 Å². The first kappa shape index (κ1) is 14.6. The number of carbonyl (C=O) groups excluding carboxylic acids is 1. The van der Waals surface area contributed by atoms with Gasteiger partial charge in [-0.25, -0.2) is 4.39 Å². The molecule has 1 fully saturated rings. The molecule has 0 heterocycles. The van der Waals surface area contributed by atoms with Crippen LogP contribution < -0.4 is 0 Å². The maximum atomic E-state index is 13.7. The van der Waals surface area contributed by atoms with Crippen molar-refractivity contribution in [2.45, 2.75) is 31.1 Å². The Balaban J connectivity index is 0.000000771. The Hall–Kier alpha value is -1.48. The van der Waals surface area contributed by atoms with Gasteiger partial charge in [0.15, 0.2) is 0 Å². The summed E-state index contributed by atoms with van der Waals surface area (Å²) in [5.41, 5.74) is -0.01000. The van der Waals surface area contributed by atoms with E-state index in [9.17, 15) is 14.3 Å². The fraction of sp³-hybridized carbons (Fsp3) is 0.400. The Morgan fingerprint density at radius 2 is 1.78 bits per heavy atom. The van der Waals surface area contributed by atoms with E-state index >= 15 is 0 Å². The number of hydrogen-bond donors (Lipinski definition) is 1. The van der Waals surface area contributed by atoms with Gasteiger partial charge in [-0.15, -0.1) is 13.2 Å². The van der Waals surface area contributed by atoms with Gasteiger partial charge in [-0.1, -0.05) is 18.2 Å². The molecule has 0 amide bonds. The molecular formula is C15H19FO2. The molecule has 98 valence electrons. The zero-order chi connectivity index (χ0) is 13.6. The van der Waals surface area contributed by atoms with Gasteiger partial charge in [0.05, 0.1) is 6.61 Å². The number of aliphatic hydroxyl groups excluding tert-OH is 1. The van der Waals surface area contributed by atoms with E-state index < -0.39 is 5.41 Å². The summed E-state index contributed by atoms with van der Waals surface area (Å²) in [6, 6.07) is 6.52. The van der Waals surface area contributed by atoms with Crippen molar-refractivity contribution in [1.29, 1.82) is 0 Å². The molecule has 1 saturated carbocycles. The Morgan fingerprint density at radius 3 is 2.28 bits per heavy atom. The van der Waals surface area contributed by atoms with Gasteiger partial charge >= 0.3 is 0 Å². The maximum Gasteiger partial charge on any atom is 0.132 e. The maximum absolute atomic E-state index is 13.7. The van der Waals surface area contributed by atoms with Gasteiger partial charge in [0.2, 0.25) is 0 Å². The third-order valence-electron chi connectivity index (χ3n) is 3.51. The minimum absolute atomic E-state index is 0.0960. The topological polar surface area (TPSA) is 37.3 Å². The molecule has 3 heteroatoms. The molecule has 0 aliphatic heterocycles. The van der Waals surface area contributed by atoms with Crippen molar-refractivity contribution in [3.63, 3.8) is 0 Å². The molecule has 0 bridgehead atoms. The monoisotopic (exact) mass is 250 g/mol. The van der Waals surface area contributed by atoms with Gasteiger partial charge in [0, 0.05) is 18.3 Å². The average molecular weight is 250 g/mol. The first-order valence-corrected chi connectivity index (χ1v) is 6.05. The van der Waals surface area contributed by atoms with E-state index in [0.29, 0.717) is 31.2 Å². The number of ketones is 1. The standard InChI is InChI=1S/C13H15FO2.C2H4/c14-12-4-2-1-3-11(12)13(9-15)7-5-10(16)6-8-13;1-2/h1-4,15H,5-9H2;1-2H2. The molecule has 0 saturated heterocycles. The Labute approximate surface area is 107 Å². The van der Waals surface area contributed by atoms with E-state index in [-0.39, 0.29) is 18.2 Å². The highest BCUT2D eigenvalue weighted by Gasteiger charge is 2.37. The molecule has 1 aliphatic carbocycles. The summed E-state index contributed by atoms with van der Waals surface area (Å²) in [7, 11) is 0. The normalized spacial score (nSPS) is 17.8. The fourth-order valence-electron chi connectivity index (χ4n) is 2.41. The zero-order valence-corrected chi connectivity index (χ0v) is 10.5. The van der Waals surface area contributed by atoms with Crippen molar-refractivity contribution < 1.29 is 14.3 Å². The lowest BCUT2D eigenvalue weighted by atomic mass is 9.69. The second-order valence-corrected chi connectivity index (χ2v) is 4.46. The number of rotatable bonds is 2. The summed E-state index contributed by atoms with van der Waals surface area (Å²) in [5.74, 6) is -0.0775. The Kier molecular flexibility index (Phi) is 5.23. The van der Waals surface area contributed by atoms with Crippen molar-refractivity contribution in [3.05, 3.63) is 48.8 Å². The second-order valence-electron chi connectivity index (χ2n) is 4.46. The van der Waals surface area contributed by atoms with Crippen LogP contribution >= 0.6 is 0 Å². The van der Waals surface area contributed by atoms with Crippen molar-refractivity contribution in [1.82, 2.24) is 0 Å². The van der Waals surface area contributed by atoms with Gasteiger partial charge in [-0.2, -0.15) is 0 Å². The SMILES string of the molecule is C=C.O=C1CCC(CO)(c2ccccc2F)CC1. The lowest BCUT2D eigenvalue weighted by Crippen LogP contribution is -2.36. The van der Waals surface area contributed by atoms with Crippen LogP contribution in [0.15, 0.2) is 37.4 Å². The van der Waals surface area contributed by atoms with Gasteiger partial charge in [0.1, 0.15) is 11.6 Å². The summed E-state index contributed by atoms with van der Waals surface area (Å²) in [6.45, 7) is 5.90. The number of benzene rings is 1. The lowest BCUT2D eigenvalue weighted by Gasteiger charge is -2.35. The van der Waals surface area contributed by atoms with Gasteiger partial charge < -0.3 is 5.11 Å². The highest BCUT2D eigenvalue weighted by atomic mass is 19.1. The number of aliphatic hydroxyl groups is 1. The number of carbonyl (C=O) groups is 1. The highest BCUT2D eigenvalue weighted by molar-refractivity contribution is 5.79. The van der Waals surface area contributed by atoms with Crippen LogP contribution in [0.5, 0.6) is 0 Å². The fourth-order valence-corrected chi connectivity index (χ4v) is 2.41. The van der Waals surface area contributed by atoms with E-state index in [4.69, 9.17) is 0 Å². The van der Waals surface area contributed by atoms with Crippen molar-refractivity contribution in [2.75, 3.05) is 6.61 Å². The third kappa shape index (κ3) is 2.85. The molecule has 0 unspecified atom stereocenters. The Bertz CT molecular complexity index is 405. The molecule has 1 aliphatic rings. The molecular weight excluding hydrogens is 231 g/mol. The smallest absolute Gasteiger partial charge is 0.132 e. The van der Waals surface area contributed by atoms with Gasteiger partial charge in [-0.3, -0.25) is 4.79 Å². The molecule has 0 aromatic heterocycles. The zero-order valence-electron chi connectivity index (χ0n) is 10.5. The van der Waals surface area contributed by atoms with Crippen LogP contribution in [0.25, 0.3) is 0 Å². The van der Waals surface area contributed by atoms with Crippen molar-refractivity contribution in [3.8, 4) is 0 Å². The van der Waals surface area contributed by atoms with E-state index in [1.54, 1.807) is 18.2 Å². The van der Waals surface area contributed by atoms with Crippen LogP contribution in [0.1, 0.15) is 31.2 Å². The summed E-state index contributed by atoms with van der Waals surface area (Å²) in [6.07, 6.45) is 1.97. The minimum Gasteiger partial charge on any atom is -0.395 e. The van der Waals surface area contributed by atoms with Crippen LogP contribution in [0, 0.1) is 5.82 Å². The molecule has 0 atom stereocenters. The number of halogens is 1. The first-order valence-electron chi connectivity index (χ1n) is 6.05. The predicted molar refractivity (Wildman–Crippen MR) is 69.9 cm³/mol. The van der Waals surface area contributed by atoms with Gasteiger partial charge in [-0.05, 0) is 24.5 Å². The van der Waals surface area contributed by atoms with E-state index in [1.807, 2.05) is 0 Å². The molecule has 0 radical (unpaired) electrons. The summed E-state index contributed by atoms with van der Waals surface area (Å²) in [4.78, 5) is 11.2. The molecule has 18 heavy (non-hydrogen) atoms. The predicted octanol–water partition coefficient (Wildman–Crippen LogP) is 3.00. The average Bonchev–Trinajstić information content (AvgIpc) is 2.43. The molecule has 1 aromatic rings. The Morgan fingerprint density at radius 1 is 1.22 bits per heavy atom. The first-order chi connectivity index (χ1) is 8.68. The number of Topliss-reactive ketones (excluding diaryl/α,β-unsaturated/α-hetero) is 1. The molecule has 1 aromatic carbocycles. The summed E-state index contributed by atoms with van der Waals surface area (Å²) < 4.78 is 13.7. The summed E-state index contributed by atoms with van der Waals surface area (Å²) >= 11 is 0. The number of hydrogen-bond acceptors (Lipinski definition) is 2. The van der Waals surface area contributed by atoms with E-state index in [0.717, 1.165) is 0 Å². The quantitative estimate of drug-likeness (QED) is 0.819. The molecule has 0 spiro atoms.